The molecule has 5 rings (SSSR count). The molecule has 3 heterocycles. The van der Waals surface area contributed by atoms with Gasteiger partial charge < -0.3 is 14.8 Å². The van der Waals surface area contributed by atoms with Crippen LogP contribution in [0.1, 0.15) is 22.7 Å². The number of morpholine rings is 1. The predicted octanol–water partition coefficient (Wildman–Crippen LogP) is 3.76. The van der Waals surface area contributed by atoms with Gasteiger partial charge in [0.05, 0.1) is 37.9 Å². The van der Waals surface area contributed by atoms with Crippen LogP contribution in [0.15, 0.2) is 24.3 Å². The van der Waals surface area contributed by atoms with Gasteiger partial charge in [0.25, 0.3) is 0 Å². The number of para-hydroxylation sites is 2. The van der Waals surface area contributed by atoms with Crippen molar-refractivity contribution in [2.24, 2.45) is 0 Å². The number of ether oxygens (including phenoxy) is 2. The minimum Gasteiger partial charge on any atom is -0.495 e. The van der Waals surface area contributed by atoms with E-state index in [0.29, 0.717) is 0 Å². The van der Waals surface area contributed by atoms with E-state index in [0.717, 1.165) is 73.6 Å². The van der Waals surface area contributed by atoms with Crippen molar-refractivity contribution in [2.75, 3.05) is 38.7 Å². The van der Waals surface area contributed by atoms with Crippen molar-refractivity contribution in [1.29, 1.82) is 0 Å². The van der Waals surface area contributed by atoms with Crippen molar-refractivity contribution in [2.45, 2.75) is 25.8 Å². The average Bonchev–Trinajstić information content (AvgIpc) is 3.30. The number of hydrogen-bond donors (Lipinski definition) is 1. The summed E-state index contributed by atoms with van der Waals surface area (Å²) < 4.78 is 11.0. The Morgan fingerprint density at radius 1 is 1.18 bits per heavy atom. The molecular formula is C21H24N4O2S. The number of methoxy groups -OCH3 is 1. The zero-order chi connectivity index (χ0) is 18.9. The molecule has 6 nitrogen and oxygen atoms in total. The first kappa shape index (κ1) is 17.8. The molecule has 1 aliphatic carbocycles. The van der Waals surface area contributed by atoms with Crippen molar-refractivity contribution < 1.29 is 9.47 Å². The highest BCUT2D eigenvalue weighted by Gasteiger charge is 2.23. The van der Waals surface area contributed by atoms with Crippen LogP contribution < -0.4 is 10.1 Å². The molecule has 0 atom stereocenters. The zero-order valence-corrected chi connectivity index (χ0v) is 16.8. The lowest BCUT2D eigenvalue weighted by atomic mass is 10.2. The maximum Gasteiger partial charge on any atom is 0.146 e. The van der Waals surface area contributed by atoms with Gasteiger partial charge in [0.15, 0.2) is 0 Å². The Morgan fingerprint density at radius 2 is 2.04 bits per heavy atom. The molecule has 0 amide bonds. The monoisotopic (exact) mass is 396 g/mol. The van der Waals surface area contributed by atoms with Crippen LogP contribution in [0.5, 0.6) is 5.75 Å². The van der Waals surface area contributed by atoms with Gasteiger partial charge in [0, 0.05) is 18.0 Å². The summed E-state index contributed by atoms with van der Waals surface area (Å²) >= 11 is 1.83. The lowest BCUT2D eigenvalue weighted by Gasteiger charge is -2.25. The van der Waals surface area contributed by atoms with E-state index in [4.69, 9.17) is 19.4 Å². The third-order valence-electron chi connectivity index (χ3n) is 5.44. The van der Waals surface area contributed by atoms with Crippen LogP contribution in [-0.2, 0) is 24.1 Å². The van der Waals surface area contributed by atoms with Gasteiger partial charge in [0.2, 0.25) is 0 Å². The van der Waals surface area contributed by atoms with Gasteiger partial charge in [-0.3, -0.25) is 4.90 Å². The number of thiophene rings is 1. The van der Waals surface area contributed by atoms with Crippen molar-refractivity contribution in [3.63, 3.8) is 0 Å². The fraction of sp³-hybridized carbons (Fsp3) is 0.429. The number of aromatic nitrogens is 2. The zero-order valence-electron chi connectivity index (χ0n) is 16.0. The Labute approximate surface area is 168 Å². The van der Waals surface area contributed by atoms with E-state index >= 15 is 0 Å². The van der Waals surface area contributed by atoms with Gasteiger partial charge in [-0.1, -0.05) is 12.1 Å². The Morgan fingerprint density at radius 3 is 2.89 bits per heavy atom. The van der Waals surface area contributed by atoms with E-state index in [1.807, 2.05) is 35.6 Å². The standard InChI is InChI=1S/C21H24N4O2S/c1-26-16-7-3-2-6-15(16)22-20-19-14-5-4-8-17(14)28-21(19)24-18(23-20)13-25-9-11-27-12-10-25/h2-3,6-7H,4-5,8-13H2,1H3,(H,22,23,24). The highest BCUT2D eigenvalue weighted by atomic mass is 32.1. The largest absolute Gasteiger partial charge is 0.495 e. The van der Waals surface area contributed by atoms with Crippen LogP contribution in [0.25, 0.3) is 10.2 Å². The number of rotatable bonds is 5. The van der Waals surface area contributed by atoms with E-state index in [2.05, 4.69) is 10.2 Å². The summed E-state index contributed by atoms with van der Waals surface area (Å²) in [5.41, 5.74) is 2.36. The lowest BCUT2D eigenvalue weighted by Crippen LogP contribution is -2.36. The Kier molecular flexibility index (Phi) is 4.88. The van der Waals surface area contributed by atoms with Gasteiger partial charge in [-0.15, -0.1) is 11.3 Å². The number of hydrogen-bond acceptors (Lipinski definition) is 7. The third kappa shape index (κ3) is 3.34. The van der Waals surface area contributed by atoms with Gasteiger partial charge >= 0.3 is 0 Å². The minimum atomic E-state index is 0.752. The van der Waals surface area contributed by atoms with Crippen molar-refractivity contribution >= 4 is 33.1 Å². The second kappa shape index (κ2) is 7.66. The van der Waals surface area contributed by atoms with Gasteiger partial charge in [-0.2, -0.15) is 0 Å². The average molecular weight is 397 g/mol. The van der Waals surface area contributed by atoms with E-state index in [1.54, 1.807) is 7.11 Å². The molecule has 2 aromatic heterocycles. The predicted molar refractivity (Wildman–Crippen MR) is 112 cm³/mol. The summed E-state index contributed by atoms with van der Waals surface area (Å²) in [7, 11) is 1.70. The lowest BCUT2D eigenvalue weighted by molar-refractivity contribution is 0.0331. The second-order valence-electron chi connectivity index (χ2n) is 7.24. The molecule has 3 aromatic rings. The summed E-state index contributed by atoms with van der Waals surface area (Å²) in [5, 5.41) is 4.74. The van der Waals surface area contributed by atoms with Gasteiger partial charge in [-0.25, -0.2) is 9.97 Å². The molecule has 0 unspecified atom stereocenters. The third-order valence-corrected chi connectivity index (χ3v) is 6.63. The fourth-order valence-electron chi connectivity index (χ4n) is 4.04. The second-order valence-corrected chi connectivity index (χ2v) is 8.32. The molecule has 28 heavy (non-hydrogen) atoms. The highest BCUT2D eigenvalue weighted by Crippen LogP contribution is 2.41. The number of anilines is 2. The van der Waals surface area contributed by atoms with Crippen molar-refractivity contribution in [3.8, 4) is 5.75 Å². The molecule has 146 valence electrons. The van der Waals surface area contributed by atoms with Gasteiger partial charge in [0.1, 0.15) is 22.2 Å². The summed E-state index contributed by atoms with van der Waals surface area (Å²) in [6.07, 6.45) is 3.49. The molecule has 0 saturated carbocycles. The summed E-state index contributed by atoms with van der Waals surface area (Å²) in [6.45, 7) is 4.17. The van der Waals surface area contributed by atoms with E-state index in [9.17, 15) is 0 Å². The van der Waals surface area contributed by atoms with Crippen LogP contribution in [0, 0.1) is 0 Å². The topological polar surface area (TPSA) is 59.5 Å². The Balaban J connectivity index is 1.56. The van der Waals surface area contributed by atoms with Crippen molar-refractivity contribution in [3.05, 3.63) is 40.5 Å². The molecule has 0 spiro atoms. The molecule has 0 bridgehead atoms. The number of benzene rings is 1. The Hall–Kier alpha value is -2.22. The smallest absolute Gasteiger partial charge is 0.146 e. The van der Waals surface area contributed by atoms with Crippen LogP contribution in [0.3, 0.4) is 0 Å². The van der Waals surface area contributed by atoms with Gasteiger partial charge in [-0.05, 0) is 37.0 Å². The first-order valence-corrected chi connectivity index (χ1v) is 10.6. The maximum atomic E-state index is 5.53. The molecule has 1 aliphatic heterocycles. The first-order chi connectivity index (χ1) is 13.8. The van der Waals surface area contributed by atoms with Crippen LogP contribution in [0.2, 0.25) is 0 Å². The molecule has 2 aliphatic rings. The summed E-state index contributed by atoms with van der Waals surface area (Å²) in [5.74, 6) is 2.58. The first-order valence-electron chi connectivity index (χ1n) is 9.83. The Bertz CT molecular complexity index is 997. The molecule has 7 heteroatoms. The minimum absolute atomic E-state index is 0.752. The van der Waals surface area contributed by atoms with E-state index in [1.165, 1.54) is 22.2 Å². The van der Waals surface area contributed by atoms with E-state index < -0.39 is 0 Å². The van der Waals surface area contributed by atoms with Crippen molar-refractivity contribution in [1.82, 2.24) is 14.9 Å². The molecule has 0 radical (unpaired) electrons. The molecular weight excluding hydrogens is 372 g/mol. The summed E-state index contributed by atoms with van der Waals surface area (Å²) in [4.78, 5) is 14.8. The number of fused-ring (bicyclic) bond motifs is 3. The normalized spacial score (nSPS) is 17.0. The molecule has 1 fully saturated rings. The number of nitrogens with zero attached hydrogens (tertiary/aromatic N) is 3. The number of aryl methyl sites for hydroxylation is 2. The van der Waals surface area contributed by atoms with E-state index in [-0.39, 0.29) is 0 Å². The summed E-state index contributed by atoms with van der Waals surface area (Å²) in [6, 6.07) is 7.98. The highest BCUT2D eigenvalue weighted by molar-refractivity contribution is 7.19. The maximum absolute atomic E-state index is 5.53. The quantitative estimate of drug-likeness (QED) is 0.709. The fourth-order valence-corrected chi connectivity index (χ4v) is 5.32. The van der Waals surface area contributed by atoms with Crippen LogP contribution in [-0.4, -0.2) is 48.3 Å². The molecule has 1 saturated heterocycles. The van der Waals surface area contributed by atoms with Crippen LogP contribution in [0.4, 0.5) is 11.5 Å². The SMILES string of the molecule is COc1ccccc1Nc1nc(CN2CCOCC2)nc2sc3c(c12)CCC3. The molecule has 1 N–H and O–H groups in total. The van der Waals surface area contributed by atoms with Crippen LogP contribution >= 0.6 is 11.3 Å². The number of nitrogens with one attached hydrogen (secondary N) is 1. The molecule has 1 aromatic carbocycles.